The second kappa shape index (κ2) is 7.25. The predicted octanol–water partition coefficient (Wildman–Crippen LogP) is 2.86. The maximum absolute atomic E-state index is 13.8. The Kier molecular flexibility index (Phi) is 5.57. The third-order valence-electron chi connectivity index (χ3n) is 3.72. The summed E-state index contributed by atoms with van der Waals surface area (Å²) in [4.78, 5) is 19.9. The molecule has 1 aliphatic rings. The van der Waals surface area contributed by atoms with Crippen LogP contribution in [0.4, 0.5) is 9.18 Å². The average Bonchev–Trinajstić information content (AvgIpc) is 2.78. The normalized spacial score (nSPS) is 21.7. The highest BCUT2D eigenvalue weighted by Crippen LogP contribution is 2.24. The van der Waals surface area contributed by atoms with Gasteiger partial charge in [0.2, 0.25) is 0 Å². The molecular weight excluding hydrogens is 297 g/mol. The van der Waals surface area contributed by atoms with Crippen LogP contribution < -0.4 is 0 Å². The molecule has 23 heavy (non-hydrogen) atoms. The van der Waals surface area contributed by atoms with E-state index in [4.69, 9.17) is 4.74 Å². The Hall–Kier alpha value is -1.69. The van der Waals surface area contributed by atoms with Gasteiger partial charge in [-0.25, -0.2) is 9.18 Å². The second-order valence-electron chi connectivity index (χ2n) is 7.17. The Morgan fingerprint density at radius 3 is 2.70 bits per heavy atom. The number of amides is 1. The van der Waals surface area contributed by atoms with Crippen molar-refractivity contribution in [3.05, 3.63) is 30.1 Å². The van der Waals surface area contributed by atoms with Crippen molar-refractivity contribution in [3.8, 4) is 0 Å². The molecule has 0 bridgehead atoms. The van der Waals surface area contributed by atoms with Gasteiger partial charge in [0.05, 0.1) is 12.6 Å². The lowest BCUT2D eigenvalue weighted by molar-refractivity contribution is 0.0194. The largest absolute Gasteiger partial charge is 0.444 e. The number of halogens is 1. The number of pyridine rings is 1. The molecule has 1 aromatic rings. The molecule has 0 N–H and O–H groups in total. The van der Waals surface area contributed by atoms with Crippen molar-refractivity contribution >= 4 is 6.09 Å². The van der Waals surface area contributed by atoms with Gasteiger partial charge in [0.1, 0.15) is 11.8 Å². The molecule has 0 aliphatic carbocycles. The van der Waals surface area contributed by atoms with E-state index in [1.165, 1.54) is 4.90 Å². The molecule has 1 aliphatic heterocycles. The smallest absolute Gasteiger partial charge is 0.410 e. The minimum atomic E-state index is -0.984. The SMILES string of the molecule is CN(Cc1ccncc1)C[C@@H]1C[C@H](F)CN1C(=O)OC(C)(C)C. The van der Waals surface area contributed by atoms with Crippen LogP contribution in [0.3, 0.4) is 0 Å². The van der Waals surface area contributed by atoms with E-state index in [0.29, 0.717) is 13.0 Å². The number of ether oxygens (including phenoxy) is 1. The van der Waals surface area contributed by atoms with Crippen molar-refractivity contribution in [1.29, 1.82) is 0 Å². The Bertz CT molecular complexity index is 518. The molecule has 1 saturated heterocycles. The number of aromatic nitrogens is 1. The summed E-state index contributed by atoms with van der Waals surface area (Å²) in [5, 5.41) is 0. The highest BCUT2D eigenvalue weighted by Gasteiger charge is 2.38. The first kappa shape index (κ1) is 17.7. The van der Waals surface area contributed by atoms with Gasteiger partial charge in [-0.05, 0) is 45.5 Å². The van der Waals surface area contributed by atoms with E-state index in [2.05, 4.69) is 9.88 Å². The molecule has 0 radical (unpaired) electrons. The van der Waals surface area contributed by atoms with Crippen LogP contribution in [0.5, 0.6) is 0 Å². The third kappa shape index (κ3) is 5.46. The van der Waals surface area contributed by atoms with E-state index in [1.54, 1.807) is 12.4 Å². The van der Waals surface area contributed by atoms with E-state index in [0.717, 1.165) is 12.1 Å². The number of likely N-dealkylation sites (tertiary alicyclic amines) is 1. The summed E-state index contributed by atoms with van der Waals surface area (Å²) in [6, 6.07) is 3.75. The zero-order valence-electron chi connectivity index (χ0n) is 14.3. The van der Waals surface area contributed by atoms with Gasteiger partial charge in [-0.15, -0.1) is 0 Å². The fourth-order valence-corrected chi connectivity index (χ4v) is 2.80. The maximum Gasteiger partial charge on any atom is 0.410 e. The average molecular weight is 323 g/mol. The number of hydrogen-bond donors (Lipinski definition) is 0. The van der Waals surface area contributed by atoms with Gasteiger partial charge >= 0.3 is 6.09 Å². The fraction of sp³-hybridized carbons (Fsp3) is 0.647. The van der Waals surface area contributed by atoms with Crippen LogP contribution in [0, 0.1) is 0 Å². The summed E-state index contributed by atoms with van der Waals surface area (Å²) in [6.07, 6.45) is 2.45. The van der Waals surface area contributed by atoms with Crippen LogP contribution in [0.2, 0.25) is 0 Å². The van der Waals surface area contributed by atoms with Gasteiger partial charge in [-0.3, -0.25) is 4.98 Å². The van der Waals surface area contributed by atoms with Crippen LogP contribution in [-0.4, -0.2) is 58.8 Å². The topological polar surface area (TPSA) is 45.7 Å². The van der Waals surface area contributed by atoms with Gasteiger partial charge in [-0.2, -0.15) is 0 Å². The quantitative estimate of drug-likeness (QED) is 0.855. The van der Waals surface area contributed by atoms with Gasteiger partial charge in [0, 0.05) is 31.9 Å². The lowest BCUT2D eigenvalue weighted by Crippen LogP contribution is -2.44. The van der Waals surface area contributed by atoms with Crippen molar-refractivity contribution < 1.29 is 13.9 Å². The Labute approximate surface area is 137 Å². The number of hydrogen-bond acceptors (Lipinski definition) is 4. The van der Waals surface area contributed by atoms with Gasteiger partial charge in [0.15, 0.2) is 0 Å². The molecule has 1 amide bonds. The van der Waals surface area contributed by atoms with Gasteiger partial charge in [0.25, 0.3) is 0 Å². The molecule has 0 saturated carbocycles. The summed E-state index contributed by atoms with van der Waals surface area (Å²) in [6.45, 7) is 6.91. The van der Waals surface area contributed by atoms with E-state index < -0.39 is 17.9 Å². The third-order valence-corrected chi connectivity index (χ3v) is 3.72. The van der Waals surface area contributed by atoms with Crippen molar-refractivity contribution in [3.63, 3.8) is 0 Å². The minimum Gasteiger partial charge on any atom is -0.444 e. The Balaban J connectivity index is 1.95. The highest BCUT2D eigenvalue weighted by molar-refractivity contribution is 5.69. The first-order chi connectivity index (χ1) is 10.7. The Morgan fingerprint density at radius 2 is 2.09 bits per heavy atom. The molecule has 0 aromatic carbocycles. The monoisotopic (exact) mass is 323 g/mol. The lowest BCUT2D eigenvalue weighted by atomic mass is 10.2. The molecule has 1 fully saturated rings. The van der Waals surface area contributed by atoms with E-state index in [9.17, 15) is 9.18 Å². The van der Waals surface area contributed by atoms with Crippen molar-refractivity contribution in [2.24, 2.45) is 0 Å². The summed E-state index contributed by atoms with van der Waals surface area (Å²) in [5.41, 5.74) is 0.569. The summed E-state index contributed by atoms with van der Waals surface area (Å²) in [5.74, 6) is 0. The maximum atomic E-state index is 13.8. The van der Waals surface area contributed by atoms with E-state index in [-0.39, 0.29) is 12.6 Å². The summed E-state index contributed by atoms with van der Waals surface area (Å²) >= 11 is 0. The summed E-state index contributed by atoms with van der Waals surface area (Å²) < 4.78 is 19.2. The molecule has 2 heterocycles. The number of nitrogens with zero attached hydrogens (tertiary/aromatic N) is 3. The second-order valence-corrected chi connectivity index (χ2v) is 7.17. The van der Waals surface area contributed by atoms with Gasteiger partial charge in [-0.1, -0.05) is 0 Å². The number of alkyl halides is 1. The minimum absolute atomic E-state index is 0.114. The molecule has 2 rings (SSSR count). The van der Waals surface area contributed by atoms with Crippen molar-refractivity contribution in [2.75, 3.05) is 20.1 Å². The van der Waals surface area contributed by atoms with E-state index >= 15 is 0 Å². The van der Waals surface area contributed by atoms with Crippen LogP contribution >= 0.6 is 0 Å². The molecule has 128 valence electrons. The Morgan fingerprint density at radius 1 is 1.43 bits per heavy atom. The number of likely N-dealkylation sites (N-methyl/N-ethyl adjacent to an activating group) is 1. The predicted molar refractivity (Wildman–Crippen MR) is 86.8 cm³/mol. The molecule has 0 spiro atoms. The van der Waals surface area contributed by atoms with Crippen molar-refractivity contribution in [2.45, 2.75) is 51.6 Å². The zero-order chi connectivity index (χ0) is 17.0. The fourth-order valence-electron chi connectivity index (χ4n) is 2.80. The molecule has 2 atom stereocenters. The summed E-state index contributed by atoms with van der Waals surface area (Å²) in [7, 11) is 1.97. The zero-order valence-corrected chi connectivity index (χ0v) is 14.3. The number of carbonyl (C=O) groups excluding carboxylic acids is 1. The molecule has 5 nitrogen and oxygen atoms in total. The molecule has 6 heteroatoms. The number of carbonyl (C=O) groups is 1. The van der Waals surface area contributed by atoms with E-state index in [1.807, 2.05) is 40.0 Å². The first-order valence-corrected chi connectivity index (χ1v) is 7.96. The van der Waals surface area contributed by atoms with Crippen LogP contribution in [0.25, 0.3) is 0 Å². The van der Waals surface area contributed by atoms with Crippen LogP contribution in [0.1, 0.15) is 32.8 Å². The molecular formula is C17H26FN3O2. The van der Waals surface area contributed by atoms with Gasteiger partial charge < -0.3 is 14.5 Å². The van der Waals surface area contributed by atoms with Crippen LogP contribution in [-0.2, 0) is 11.3 Å². The standard InChI is InChI=1S/C17H26FN3O2/c1-17(2,3)23-16(22)21-11-14(18)9-15(21)12-20(4)10-13-5-7-19-8-6-13/h5-8,14-15H,9-12H2,1-4H3/t14-,15-/m0/s1. The first-order valence-electron chi connectivity index (χ1n) is 7.96. The van der Waals surface area contributed by atoms with Crippen LogP contribution in [0.15, 0.2) is 24.5 Å². The molecule has 1 aromatic heterocycles. The van der Waals surface area contributed by atoms with Crippen molar-refractivity contribution in [1.82, 2.24) is 14.8 Å². The lowest BCUT2D eigenvalue weighted by Gasteiger charge is -2.30. The highest BCUT2D eigenvalue weighted by atomic mass is 19.1. The number of rotatable bonds is 4. The molecule has 0 unspecified atom stereocenters.